The lowest BCUT2D eigenvalue weighted by Crippen LogP contribution is -2.16. The van der Waals surface area contributed by atoms with E-state index < -0.39 is 5.97 Å². The number of nitrogens with zero attached hydrogens (tertiary/aromatic N) is 1. The molecule has 0 bridgehead atoms. The maximum atomic E-state index is 11.1. The van der Waals surface area contributed by atoms with Gasteiger partial charge in [0.15, 0.2) is 5.69 Å². The van der Waals surface area contributed by atoms with Crippen LogP contribution in [0.25, 0.3) is 10.9 Å². The van der Waals surface area contributed by atoms with E-state index in [1.807, 2.05) is 24.3 Å². The Bertz CT molecular complexity index is 613. The predicted octanol–water partition coefficient (Wildman–Crippen LogP) is 2.63. The minimum atomic E-state index is -1.02. The van der Waals surface area contributed by atoms with Gasteiger partial charge in [0, 0.05) is 24.7 Å². The summed E-state index contributed by atoms with van der Waals surface area (Å²) >= 11 is 0. The van der Waals surface area contributed by atoms with Crippen molar-refractivity contribution >= 4 is 22.6 Å². The van der Waals surface area contributed by atoms with Crippen LogP contribution in [0, 0.1) is 5.92 Å². The molecule has 0 aliphatic carbocycles. The van der Waals surface area contributed by atoms with Crippen LogP contribution < -0.4 is 5.32 Å². The third-order valence-electron chi connectivity index (χ3n) is 3.03. The van der Waals surface area contributed by atoms with Crippen LogP contribution in [0.3, 0.4) is 0 Å². The van der Waals surface area contributed by atoms with Gasteiger partial charge in [-0.1, -0.05) is 25.1 Å². The number of methoxy groups -OCH3 is 1. The van der Waals surface area contributed by atoms with E-state index in [2.05, 4.69) is 17.2 Å². The highest BCUT2D eigenvalue weighted by Gasteiger charge is 2.11. The number of nitrogens with one attached hydrogen (secondary N) is 1. The van der Waals surface area contributed by atoms with E-state index >= 15 is 0 Å². The molecule has 2 rings (SSSR count). The van der Waals surface area contributed by atoms with Gasteiger partial charge in [-0.25, -0.2) is 9.78 Å². The fraction of sp³-hybridized carbons (Fsp3) is 0.333. The van der Waals surface area contributed by atoms with Gasteiger partial charge >= 0.3 is 5.97 Å². The summed E-state index contributed by atoms with van der Waals surface area (Å²) in [5.74, 6) is -0.691. The van der Waals surface area contributed by atoms with Crippen LogP contribution in [0.4, 0.5) is 5.69 Å². The number of pyridine rings is 1. The number of aromatic nitrogens is 1. The lowest BCUT2D eigenvalue weighted by Gasteiger charge is -2.14. The molecule has 0 amide bonds. The second-order valence-electron chi connectivity index (χ2n) is 4.82. The molecule has 0 aliphatic heterocycles. The van der Waals surface area contributed by atoms with Crippen molar-refractivity contribution in [1.29, 1.82) is 0 Å². The zero-order valence-corrected chi connectivity index (χ0v) is 11.6. The van der Waals surface area contributed by atoms with E-state index in [0.717, 1.165) is 11.1 Å². The average molecular weight is 274 g/mol. The molecular weight excluding hydrogens is 256 g/mol. The maximum Gasteiger partial charge on any atom is 0.354 e. The number of para-hydroxylation sites is 1. The van der Waals surface area contributed by atoms with Crippen LogP contribution in [0.15, 0.2) is 30.3 Å². The Morgan fingerprint density at radius 2 is 2.20 bits per heavy atom. The van der Waals surface area contributed by atoms with E-state index in [9.17, 15) is 4.79 Å². The molecule has 0 fully saturated rings. The molecule has 1 aromatic heterocycles. The Hall–Kier alpha value is -2.14. The molecular formula is C15H18N2O3. The Morgan fingerprint density at radius 1 is 1.45 bits per heavy atom. The van der Waals surface area contributed by atoms with Gasteiger partial charge in [0.05, 0.1) is 12.1 Å². The number of hydrogen-bond acceptors (Lipinski definition) is 4. The molecule has 2 N–H and O–H groups in total. The van der Waals surface area contributed by atoms with Gasteiger partial charge in [0.1, 0.15) is 0 Å². The summed E-state index contributed by atoms with van der Waals surface area (Å²) < 4.78 is 5.10. The van der Waals surface area contributed by atoms with Crippen molar-refractivity contribution in [2.24, 2.45) is 5.92 Å². The summed E-state index contributed by atoms with van der Waals surface area (Å²) in [6.45, 7) is 3.43. The average Bonchev–Trinajstić information content (AvgIpc) is 2.44. The summed E-state index contributed by atoms with van der Waals surface area (Å²) in [6, 6.07) is 9.07. The number of anilines is 1. The van der Waals surface area contributed by atoms with E-state index in [-0.39, 0.29) is 5.69 Å². The van der Waals surface area contributed by atoms with E-state index in [1.165, 1.54) is 0 Å². The summed E-state index contributed by atoms with van der Waals surface area (Å²) in [6.07, 6.45) is 0. The first-order valence-electron chi connectivity index (χ1n) is 6.47. The number of rotatable bonds is 6. The SMILES string of the molecule is COCC(C)CNc1cc(C(=O)O)nc2ccccc12. The fourth-order valence-electron chi connectivity index (χ4n) is 2.06. The number of benzene rings is 1. The van der Waals surface area contributed by atoms with Gasteiger partial charge in [-0.15, -0.1) is 0 Å². The second-order valence-corrected chi connectivity index (χ2v) is 4.82. The largest absolute Gasteiger partial charge is 0.477 e. The number of carboxylic acid groups (broad SMARTS) is 1. The van der Waals surface area contributed by atoms with Crippen molar-refractivity contribution in [3.8, 4) is 0 Å². The molecule has 0 radical (unpaired) electrons. The van der Waals surface area contributed by atoms with Crippen molar-refractivity contribution in [2.45, 2.75) is 6.92 Å². The van der Waals surface area contributed by atoms with Gasteiger partial charge in [-0.2, -0.15) is 0 Å². The molecule has 20 heavy (non-hydrogen) atoms. The molecule has 0 aliphatic rings. The number of ether oxygens (including phenoxy) is 1. The highest BCUT2D eigenvalue weighted by molar-refractivity contribution is 5.97. The van der Waals surface area contributed by atoms with Gasteiger partial charge in [-0.05, 0) is 18.1 Å². The van der Waals surface area contributed by atoms with Crippen LogP contribution in [0.5, 0.6) is 0 Å². The molecule has 1 heterocycles. The molecule has 2 aromatic rings. The second kappa shape index (κ2) is 6.34. The highest BCUT2D eigenvalue weighted by atomic mass is 16.5. The Labute approximate surface area is 117 Å². The number of aromatic carboxylic acids is 1. The van der Waals surface area contributed by atoms with Gasteiger partial charge in [0.2, 0.25) is 0 Å². The van der Waals surface area contributed by atoms with Gasteiger partial charge in [-0.3, -0.25) is 0 Å². The normalized spacial score (nSPS) is 12.3. The first kappa shape index (κ1) is 14.3. The minimum Gasteiger partial charge on any atom is -0.477 e. The van der Waals surface area contributed by atoms with E-state index in [1.54, 1.807) is 13.2 Å². The number of carboxylic acids is 1. The Morgan fingerprint density at radius 3 is 2.90 bits per heavy atom. The summed E-state index contributed by atoms with van der Waals surface area (Å²) in [4.78, 5) is 15.3. The van der Waals surface area contributed by atoms with Crippen LogP contribution in [0.2, 0.25) is 0 Å². The molecule has 5 nitrogen and oxygen atoms in total. The first-order valence-corrected chi connectivity index (χ1v) is 6.47. The number of fused-ring (bicyclic) bond motifs is 1. The van der Waals surface area contributed by atoms with Gasteiger partial charge < -0.3 is 15.2 Å². The van der Waals surface area contributed by atoms with Crippen molar-refractivity contribution in [1.82, 2.24) is 4.98 Å². The van der Waals surface area contributed by atoms with Crippen molar-refractivity contribution in [3.63, 3.8) is 0 Å². The lowest BCUT2D eigenvalue weighted by molar-refractivity contribution is 0.0691. The van der Waals surface area contributed by atoms with Crippen molar-refractivity contribution < 1.29 is 14.6 Å². The molecule has 1 unspecified atom stereocenters. The maximum absolute atomic E-state index is 11.1. The van der Waals surface area contributed by atoms with Crippen LogP contribution in [-0.2, 0) is 4.74 Å². The molecule has 5 heteroatoms. The van der Waals surface area contributed by atoms with Crippen molar-refractivity contribution in [3.05, 3.63) is 36.0 Å². The van der Waals surface area contributed by atoms with Crippen LogP contribution in [-0.4, -0.2) is 36.3 Å². The van der Waals surface area contributed by atoms with Gasteiger partial charge in [0.25, 0.3) is 0 Å². The van der Waals surface area contributed by atoms with E-state index in [0.29, 0.717) is 24.6 Å². The van der Waals surface area contributed by atoms with Crippen molar-refractivity contribution in [2.75, 3.05) is 25.6 Å². The molecule has 0 saturated carbocycles. The lowest BCUT2D eigenvalue weighted by atomic mass is 10.1. The molecule has 0 spiro atoms. The fourth-order valence-corrected chi connectivity index (χ4v) is 2.06. The molecule has 106 valence electrons. The first-order chi connectivity index (χ1) is 9.61. The smallest absolute Gasteiger partial charge is 0.354 e. The van der Waals surface area contributed by atoms with E-state index in [4.69, 9.17) is 9.84 Å². The van der Waals surface area contributed by atoms with Crippen LogP contribution >= 0.6 is 0 Å². The monoisotopic (exact) mass is 274 g/mol. The highest BCUT2D eigenvalue weighted by Crippen LogP contribution is 2.23. The third-order valence-corrected chi connectivity index (χ3v) is 3.03. The summed E-state index contributed by atoms with van der Waals surface area (Å²) in [7, 11) is 1.67. The zero-order chi connectivity index (χ0) is 14.5. The topological polar surface area (TPSA) is 71.5 Å². The summed E-state index contributed by atoms with van der Waals surface area (Å²) in [5, 5.41) is 13.3. The zero-order valence-electron chi connectivity index (χ0n) is 11.6. The third kappa shape index (κ3) is 3.24. The van der Waals surface area contributed by atoms with Crippen LogP contribution in [0.1, 0.15) is 17.4 Å². The summed E-state index contributed by atoms with van der Waals surface area (Å²) in [5.41, 5.74) is 1.51. The standard InChI is InChI=1S/C15H18N2O3/c1-10(9-20-2)8-16-13-7-14(15(18)19)17-12-6-4-3-5-11(12)13/h3-7,10H,8-9H2,1-2H3,(H,16,17)(H,18,19). The molecule has 1 atom stereocenters. The predicted molar refractivity (Wildman–Crippen MR) is 78.2 cm³/mol. The molecule has 0 saturated heterocycles. The number of hydrogen-bond donors (Lipinski definition) is 2. The Balaban J connectivity index is 2.32. The quantitative estimate of drug-likeness (QED) is 0.847. The Kier molecular flexibility index (Phi) is 4.53. The minimum absolute atomic E-state index is 0.0468. The number of carbonyl (C=O) groups is 1. The molecule has 1 aromatic carbocycles.